The molecule has 0 spiro atoms. The molecule has 4 unspecified atom stereocenters. The van der Waals surface area contributed by atoms with Crippen molar-refractivity contribution in [3.63, 3.8) is 0 Å². The Bertz CT molecular complexity index is 2730. The predicted octanol–water partition coefficient (Wildman–Crippen LogP) is 14.7. The number of benzene rings is 6. The van der Waals surface area contributed by atoms with Crippen LogP contribution in [0.5, 0.6) is 0 Å². The van der Waals surface area contributed by atoms with Crippen molar-refractivity contribution in [1.29, 1.82) is 0 Å². The van der Waals surface area contributed by atoms with Crippen LogP contribution in [-0.2, 0) is 10.8 Å². The second-order valence-electron chi connectivity index (χ2n) is 16.4. The fourth-order valence-corrected chi connectivity index (χ4v) is 12.0. The van der Waals surface area contributed by atoms with Gasteiger partial charge in [-0.3, -0.25) is 0 Å². The fourth-order valence-electron chi connectivity index (χ4n) is 10.3. The van der Waals surface area contributed by atoms with E-state index in [9.17, 15) is 0 Å². The van der Waals surface area contributed by atoms with E-state index < -0.39 is 0 Å². The summed E-state index contributed by atoms with van der Waals surface area (Å²) in [7, 11) is 0. The second kappa shape index (κ2) is 14.1. The fraction of sp³-hybridized carbons (Fsp3) is 0.143. The van der Waals surface area contributed by atoms with Crippen molar-refractivity contribution in [2.75, 3.05) is 4.90 Å². The van der Waals surface area contributed by atoms with E-state index in [-0.39, 0.29) is 10.8 Å². The summed E-state index contributed by atoms with van der Waals surface area (Å²) in [6, 6.07) is 55.1. The van der Waals surface area contributed by atoms with Crippen molar-refractivity contribution in [2.45, 2.75) is 53.1 Å². The van der Waals surface area contributed by atoms with Gasteiger partial charge in [-0.2, -0.15) is 0 Å². The van der Waals surface area contributed by atoms with Crippen LogP contribution in [0.2, 0.25) is 0 Å². The third-order valence-electron chi connectivity index (χ3n) is 13.3. The maximum Gasteiger partial charge on any atom is 0.0710 e. The zero-order valence-electron chi connectivity index (χ0n) is 32.8. The molecule has 5 aliphatic rings. The van der Waals surface area contributed by atoms with Crippen molar-refractivity contribution in [3.05, 3.63) is 245 Å². The number of anilines is 3. The number of rotatable bonds is 7. The lowest BCUT2D eigenvalue weighted by atomic mass is 9.66. The van der Waals surface area contributed by atoms with E-state index in [1.54, 1.807) is 0 Å². The summed E-state index contributed by atoms with van der Waals surface area (Å²) in [5, 5.41) is 0.422. The Labute approximate surface area is 347 Å². The average Bonchev–Trinajstić information content (AvgIpc) is 3.78. The van der Waals surface area contributed by atoms with Gasteiger partial charge in [-0.05, 0) is 111 Å². The van der Waals surface area contributed by atoms with Crippen LogP contribution in [-0.4, -0.2) is 5.25 Å². The summed E-state index contributed by atoms with van der Waals surface area (Å²) in [5.41, 5.74) is 16.7. The van der Waals surface area contributed by atoms with Gasteiger partial charge in [-0.25, -0.2) is 0 Å². The Hall–Kier alpha value is -6.09. The molecule has 6 aromatic carbocycles. The molecule has 1 heterocycles. The summed E-state index contributed by atoms with van der Waals surface area (Å²) in [6.45, 7) is 2.38. The van der Waals surface area contributed by atoms with Gasteiger partial charge in [0.2, 0.25) is 0 Å². The number of hydrogen-bond acceptors (Lipinski definition) is 2. The largest absolute Gasteiger partial charge is 0.311 e. The van der Waals surface area contributed by atoms with E-state index in [0.29, 0.717) is 11.2 Å². The van der Waals surface area contributed by atoms with Crippen molar-refractivity contribution in [2.24, 2.45) is 0 Å². The first-order valence-electron chi connectivity index (χ1n) is 20.8. The highest BCUT2D eigenvalue weighted by molar-refractivity contribution is 8.00. The van der Waals surface area contributed by atoms with Gasteiger partial charge >= 0.3 is 0 Å². The average molecular weight is 764 g/mol. The van der Waals surface area contributed by atoms with E-state index in [1.165, 1.54) is 60.5 Å². The molecule has 0 saturated heterocycles. The number of allylic oxidation sites excluding steroid dienone is 11. The minimum Gasteiger partial charge on any atom is -0.311 e. The third-order valence-corrected chi connectivity index (χ3v) is 14.8. The first kappa shape index (κ1) is 35.1. The summed E-state index contributed by atoms with van der Waals surface area (Å²) in [5.74, 6) is 0.408. The number of hydrogen-bond donors (Lipinski definition) is 0. The van der Waals surface area contributed by atoms with Gasteiger partial charge in [0, 0.05) is 38.5 Å². The van der Waals surface area contributed by atoms with Gasteiger partial charge in [-0.15, -0.1) is 11.8 Å². The molecule has 280 valence electrons. The summed E-state index contributed by atoms with van der Waals surface area (Å²) < 4.78 is 0. The molecule has 0 fully saturated rings. The van der Waals surface area contributed by atoms with E-state index in [0.717, 1.165) is 36.3 Å². The highest BCUT2D eigenvalue weighted by Crippen LogP contribution is 2.58. The molecule has 0 aromatic heterocycles. The first-order chi connectivity index (χ1) is 28.6. The standard InChI is InChI=1S/C56H45NS/c1-55-38-13-12-25-53(55)58-54-47(21-14-24-52(54)55)41-28-34-45(35-29-41)57(44-32-26-40(27-33-44)39-15-4-2-5-16-39)46-36-30-43(31-37-46)56(42-17-6-3-7-18-42)50-22-10-8-19-48(50)49-20-9-11-23-51(49)56/h2-8,10-15,17-19,21-39,53H,9,16,20H2,1H3. The molecular weight excluding hydrogens is 719 g/mol. The molecule has 11 rings (SSSR count). The summed E-state index contributed by atoms with van der Waals surface area (Å²) >= 11 is 2.01. The molecule has 2 heteroatoms. The highest BCUT2D eigenvalue weighted by Gasteiger charge is 2.47. The quantitative estimate of drug-likeness (QED) is 0.159. The number of fused-ring (bicyclic) bond motifs is 5. The minimum absolute atomic E-state index is 0.0224. The summed E-state index contributed by atoms with van der Waals surface area (Å²) in [6.07, 6.45) is 26.0. The molecule has 0 N–H and O–H groups in total. The second-order valence-corrected chi connectivity index (χ2v) is 17.6. The lowest BCUT2D eigenvalue weighted by molar-refractivity contribution is 0.620. The van der Waals surface area contributed by atoms with Crippen LogP contribution in [0.3, 0.4) is 0 Å². The third kappa shape index (κ3) is 5.46. The molecule has 6 aromatic rings. The van der Waals surface area contributed by atoms with E-state index in [2.05, 4.69) is 218 Å². The van der Waals surface area contributed by atoms with Crippen LogP contribution in [0.25, 0.3) is 16.7 Å². The van der Waals surface area contributed by atoms with Crippen LogP contribution >= 0.6 is 11.8 Å². The van der Waals surface area contributed by atoms with Crippen LogP contribution in [0, 0.1) is 0 Å². The monoisotopic (exact) mass is 763 g/mol. The van der Waals surface area contributed by atoms with Gasteiger partial charge in [0.15, 0.2) is 0 Å². The molecule has 1 nitrogen and oxygen atoms in total. The SMILES string of the molecule is CC12C=CC=CC1Sc1c(-c3ccc(N(c4ccc(C5C=CC=CC5)cc4)c4ccc(C5(c6ccccc6)C6=C(CCC=C6)c6ccccc65)cc4)cc3)cccc12. The van der Waals surface area contributed by atoms with Crippen molar-refractivity contribution in [3.8, 4) is 11.1 Å². The van der Waals surface area contributed by atoms with Gasteiger partial charge in [-0.1, -0.05) is 177 Å². The summed E-state index contributed by atoms with van der Waals surface area (Å²) in [4.78, 5) is 3.83. The zero-order chi connectivity index (χ0) is 38.7. The lowest BCUT2D eigenvalue weighted by Crippen LogP contribution is -2.29. The Balaban J connectivity index is 1.01. The molecule has 0 bridgehead atoms. The topological polar surface area (TPSA) is 3.24 Å². The Morgan fingerprint density at radius 3 is 2.03 bits per heavy atom. The molecule has 4 atom stereocenters. The lowest BCUT2D eigenvalue weighted by Gasteiger charge is -2.36. The zero-order valence-corrected chi connectivity index (χ0v) is 33.6. The molecule has 0 radical (unpaired) electrons. The van der Waals surface area contributed by atoms with Crippen LogP contribution in [0.15, 0.2) is 217 Å². The minimum atomic E-state index is -0.382. The van der Waals surface area contributed by atoms with E-state index in [1.807, 2.05) is 11.8 Å². The van der Waals surface area contributed by atoms with Gasteiger partial charge in [0.1, 0.15) is 0 Å². The molecule has 1 aliphatic heterocycles. The van der Waals surface area contributed by atoms with Crippen LogP contribution in [0.4, 0.5) is 17.1 Å². The number of thioether (sulfide) groups is 1. The molecule has 0 amide bonds. The maximum atomic E-state index is 2.42. The smallest absolute Gasteiger partial charge is 0.0710 e. The molecular formula is C56H45NS. The van der Waals surface area contributed by atoms with Gasteiger partial charge in [0.25, 0.3) is 0 Å². The molecule has 0 saturated carbocycles. The normalized spacial score (nSPS) is 23.4. The van der Waals surface area contributed by atoms with Crippen molar-refractivity contribution >= 4 is 34.4 Å². The van der Waals surface area contributed by atoms with E-state index in [4.69, 9.17) is 0 Å². The van der Waals surface area contributed by atoms with Crippen molar-refractivity contribution < 1.29 is 0 Å². The Morgan fingerprint density at radius 1 is 0.586 bits per heavy atom. The maximum absolute atomic E-state index is 2.42. The first-order valence-corrected chi connectivity index (χ1v) is 21.7. The predicted molar refractivity (Wildman–Crippen MR) is 246 cm³/mol. The molecule has 4 aliphatic carbocycles. The van der Waals surface area contributed by atoms with E-state index >= 15 is 0 Å². The van der Waals surface area contributed by atoms with Gasteiger partial charge in [0.05, 0.1) is 5.41 Å². The van der Waals surface area contributed by atoms with Crippen LogP contribution in [0.1, 0.15) is 65.5 Å². The Morgan fingerprint density at radius 2 is 1.26 bits per heavy atom. The van der Waals surface area contributed by atoms with Gasteiger partial charge < -0.3 is 4.90 Å². The molecule has 58 heavy (non-hydrogen) atoms. The number of nitrogens with zero attached hydrogens (tertiary/aromatic N) is 1. The Kier molecular flexibility index (Phi) is 8.52. The van der Waals surface area contributed by atoms with Crippen LogP contribution < -0.4 is 4.90 Å². The van der Waals surface area contributed by atoms with Crippen molar-refractivity contribution in [1.82, 2.24) is 0 Å². The highest BCUT2D eigenvalue weighted by atomic mass is 32.2.